The van der Waals surface area contributed by atoms with Crippen molar-refractivity contribution >= 4 is 42.5 Å². The maximum atomic E-state index is 12.2. The lowest BCUT2D eigenvalue weighted by atomic mass is 10.3. The summed E-state index contributed by atoms with van der Waals surface area (Å²) in [6, 6.07) is 0. The minimum atomic E-state index is -5.04. The van der Waals surface area contributed by atoms with Crippen molar-refractivity contribution in [2.24, 2.45) is 0 Å². The lowest BCUT2D eigenvalue weighted by Crippen LogP contribution is -2.20. The number of hydrogen-bond acceptors (Lipinski definition) is 13. The maximum Gasteiger partial charge on any atom is 0.556 e. The van der Waals surface area contributed by atoms with Gasteiger partial charge in [-0.1, -0.05) is 19.7 Å². The van der Waals surface area contributed by atoms with Gasteiger partial charge in [-0.15, -0.1) is 14.0 Å². The molecule has 29 heavy (non-hydrogen) atoms. The third-order valence-electron chi connectivity index (χ3n) is 2.38. The summed E-state index contributed by atoms with van der Waals surface area (Å²) in [4.78, 5) is 79.4. The van der Waals surface area contributed by atoms with Gasteiger partial charge in [0.1, 0.15) is 19.8 Å². The molecule has 0 atom stereocenters. The standard InChI is InChI=1S/C15H15O13P/c1-4-10(16)13(19)7-23-26-29(22,27-24-8-14(20)11(17)5-2)28-25-9-15(21)12(18)6-3/h4-6H,1-3,7-9H2. The van der Waals surface area contributed by atoms with E-state index in [0.29, 0.717) is 18.2 Å². The van der Waals surface area contributed by atoms with Gasteiger partial charge in [0.25, 0.3) is 0 Å². The van der Waals surface area contributed by atoms with E-state index in [4.69, 9.17) is 0 Å². The van der Waals surface area contributed by atoms with Gasteiger partial charge in [0.05, 0.1) is 0 Å². The molecule has 0 aliphatic carbocycles. The molecule has 158 valence electrons. The summed E-state index contributed by atoms with van der Waals surface area (Å²) in [6.07, 6.45) is 2.03. The normalized spacial score (nSPS) is 10.6. The van der Waals surface area contributed by atoms with Gasteiger partial charge >= 0.3 is 7.82 Å². The van der Waals surface area contributed by atoms with E-state index in [0.717, 1.165) is 0 Å². The van der Waals surface area contributed by atoms with E-state index in [1.807, 2.05) is 0 Å². The van der Waals surface area contributed by atoms with Crippen molar-refractivity contribution in [3.05, 3.63) is 38.0 Å². The average molecular weight is 434 g/mol. The van der Waals surface area contributed by atoms with Crippen molar-refractivity contribution in [1.82, 2.24) is 0 Å². The molecule has 0 saturated carbocycles. The van der Waals surface area contributed by atoms with Crippen LogP contribution in [0.2, 0.25) is 0 Å². The molecule has 0 fully saturated rings. The second-order valence-electron chi connectivity index (χ2n) is 4.43. The Morgan fingerprint density at radius 1 is 0.586 bits per heavy atom. The largest absolute Gasteiger partial charge is 0.556 e. The zero-order valence-corrected chi connectivity index (χ0v) is 15.6. The highest BCUT2D eigenvalue weighted by atomic mass is 31.2. The van der Waals surface area contributed by atoms with Crippen LogP contribution in [0, 0.1) is 0 Å². The molecule has 0 aliphatic rings. The van der Waals surface area contributed by atoms with Crippen LogP contribution >= 0.6 is 7.82 Å². The molecule has 0 rings (SSSR count). The van der Waals surface area contributed by atoms with Crippen molar-refractivity contribution in [2.75, 3.05) is 19.8 Å². The first-order chi connectivity index (χ1) is 13.6. The number of allylic oxidation sites excluding steroid dienone is 3. The molecular formula is C15H15O13P. The van der Waals surface area contributed by atoms with Crippen LogP contribution < -0.4 is 0 Å². The Labute approximate surface area is 163 Å². The Hall–Kier alpha value is -2.77. The Bertz CT molecular complexity index is 666. The first-order valence-electron chi connectivity index (χ1n) is 7.22. The summed E-state index contributed by atoms with van der Waals surface area (Å²) in [6.45, 7) is 5.95. The zero-order valence-electron chi connectivity index (χ0n) is 14.7. The van der Waals surface area contributed by atoms with Crippen molar-refractivity contribution in [2.45, 2.75) is 0 Å². The van der Waals surface area contributed by atoms with E-state index >= 15 is 0 Å². The molecule has 0 aromatic carbocycles. The fourth-order valence-corrected chi connectivity index (χ4v) is 1.65. The fraction of sp³-hybridized carbons (Fsp3) is 0.200. The highest BCUT2D eigenvalue weighted by Gasteiger charge is 2.34. The molecule has 0 aromatic heterocycles. The molecule has 0 amide bonds. The highest BCUT2D eigenvalue weighted by Crippen LogP contribution is 2.50. The molecule has 13 nitrogen and oxygen atoms in total. The molecule has 0 radical (unpaired) electrons. The van der Waals surface area contributed by atoms with Crippen molar-refractivity contribution in [3.8, 4) is 0 Å². The molecular weight excluding hydrogens is 419 g/mol. The van der Waals surface area contributed by atoms with Gasteiger partial charge in [-0.3, -0.25) is 28.8 Å². The van der Waals surface area contributed by atoms with E-state index < -0.39 is 62.3 Å². The number of carbonyl (C=O) groups excluding carboxylic acids is 6. The van der Waals surface area contributed by atoms with Crippen LogP contribution in [-0.4, -0.2) is 54.5 Å². The van der Waals surface area contributed by atoms with Gasteiger partial charge in [0.2, 0.25) is 34.7 Å². The molecule has 0 heterocycles. The smallest absolute Gasteiger partial charge is 0.288 e. The van der Waals surface area contributed by atoms with E-state index in [-0.39, 0.29) is 0 Å². The molecule has 0 spiro atoms. The van der Waals surface area contributed by atoms with Crippen molar-refractivity contribution < 1.29 is 62.0 Å². The van der Waals surface area contributed by atoms with Crippen LogP contribution in [0.15, 0.2) is 38.0 Å². The van der Waals surface area contributed by atoms with Crippen LogP contribution in [0.3, 0.4) is 0 Å². The summed E-state index contributed by atoms with van der Waals surface area (Å²) in [5, 5.41) is 0. The number of carbonyl (C=O) groups is 6. The summed E-state index contributed by atoms with van der Waals surface area (Å²) in [5.74, 6) is -6.65. The summed E-state index contributed by atoms with van der Waals surface area (Å²) < 4.78 is 24.6. The molecule has 0 aliphatic heterocycles. The molecule has 0 N–H and O–H groups in total. The maximum absolute atomic E-state index is 12.2. The Morgan fingerprint density at radius 2 is 0.828 bits per heavy atom. The van der Waals surface area contributed by atoms with E-state index in [9.17, 15) is 33.3 Å². The zero-order chi connectivity index (χ0) is 22.4. The van der Waals surface area contributed by atoms with Crippen LogP contribution in [-0.2, 0) is 62.0 Å². The Morgan fingerprint density at radius 3 is 1.03 bits per heavy atom. The lowest BCUT2D eigenvalue weighted by Gasteiger charge is -2.13. The minimum Gasteiger partial charge on any atom is -0.288 e. The van der Waals surface area contributed by atoms with Crippen molar-refractivity contribution in [3.63, 3.8) is 0 Å². The Balaban J connectivity index is 4.86. The topological polar surface area (TPSA) is 175 Å². The lowest BCUT2D eigenvalue weighted by molar-refractivity contribution is -0.317. The highest BCUT2D eigenvalue weighted by molar-refractivity contribution is 7.48. The van der Waals surface area contributed by atoms with Crippen LogP contribution in [0.5, 0.6) is 0 Å². The van der Waals surface area contributed by atoms with Gasteiger partial charge < -0.3 is 0 Å². The summed E-state index contributed by atoms with van der Waals surface area (Å²) in [7, 11) is -5.04. The van der Waals surface area contributed by atoms with E-state index in [1.165, 1.54) is 0 Å². The van der Waals surface area contributed by atoms with Crippen LogP contribution in [0.1, 0.15) is 0 Å². The van der Waals surface area contributed by atoms with Gasteiger partial charge in [-0.2, -0.15) is 0 Å². The van der Waals surface area contributed by atoms with E-state index in [2.05, 4.69) is 48.4 Å². The third-order valence-corrected chi connectivity index (χ3v) is 3.25. The molecule has 0 bridgehead atoms. The molecule has 0 unspecified atom stereocenters. The quantitative estimate of drug-likeness (QED) is 0.0921. The predicted octanol–water partition coefficient (Wildman–Crippen LogP) is -0.0883. The predicted molar refractivity (Wildman–Crippen MR) is 89.4 cm³/mol. The average Bonchev–Trinajstić information content (AvgIpc) is 2.71. The third kappa shape index (κ3) is 10.4. The van der Waals surface area contributed by atoms with Crippen molar-refractivity contribution in [1.29, 1.82) is 0 Å². The first kappa shape index (κ1) is 26.2. The van der Waals surface area contributed by atoms with Gasteiger partial charge in [0, 0.05) is 0 Å². The minimum absolute atomic E-state index is 0.676. The summed E-state index contributed by atoms with van der Waals surface area (Å²) in [5.41, 5.74) is 0. The van der Waals surface area contributed by atoms with E-state index in [1.54, 1.807) is 0 Å². The molecule has 0 saturated heterocycles. The number of ketones is 6. The Kier molecular flexibility index (Phi) is 12.1. The van der Waals surface area contributed by atoms with Crippen LogP contribution in [0.4, 0.5) is 0 Å². The molecule has 14 heteroatoms. The second kappa shape index (κ2) is 13.4. The fourth-order valence-electron chi connectivity index (χ4n) is 1.03. The second-order valence-corrected chi connectivity index (χ2v) is 5.77. The molecule has 0 aromatic rings. The number of rotatable bonds is 18. The monoisotopic (exact) mass is 434 g/mol. The van der Waals surface area contributed by atoms with Gasteiger partial charge in [-0.25, -0.2) is 19.2 Å². The number of phosphoric acid groups is 1. The number of hydrogen-bond donors (Lipinski definition) is 0. The summed E-state index contributed by atoms with van der Waals surface area (Å²) >= 11 is 0. The number of Topliss-reactive ketones (excluding diaryl/α,β-unsaturated/α-hetero) is 3. The van der Waals surface area contributed by atoms with Gasteiger partial charge in [-0.05, 0) is 18.2 Å². The van der Waals surface area contributed by atoms with Gasteiger partial charge in [0.15, 0.2) is 0 Å². The SMILES string of the molecule is C=CC(=O)C(=O)COOP(=O)(OOCC(=O)C(=O)C=C)OOCC(=O)C(=O)C=C. The first-order valence-corrected chi connectivity index (χ1v) is 8.68. The van der Waals surface area contributed by atoms with Crippen LogP contribution in [0.25, 0.3) is 0 Å².